The fraction of sp³-hybridized carbons (Fsp3) is 0.158. The van der Waals surface area contributed by atoms with Gasteiger partial charge in [0.1, 0.15) is 17.2 Å². The molecule has 0 amide bonds. The molecule has 0 saturated carbocycles. The van der Waals surface area contributed by atoms with Crippen molar-refractivity contribution in [3.05, 3.63) is 58.4 Å². The zero-order valence-corrected chi connectivity index (χ0v) is 18.4. The largest absolute Gasteiger partial charge is 0.430 e. The molecule has 0 bridgehead atoms. The van der Waals surface area contributed by atoms with Gasteiger partial charge in [0.2, 0.25) is 15.8 Å². The van der Waals surface area contributed by atoms with Crippen molar-refractivity contribution in [2.75, 3.05) is 11.8 Å². The molecule has 2 heterocycles. The first-order valence-corrected chi connectivity index (χ1v) is 10.9. The number of nitrogens with zero attached hydrogens (tertiary/aromatic N) is 2. The maximum atomic E-state index is 15.1. The number of aromatic nitrogens is 2. The number of aliphatic imine (C=N–C) groups is 1. The minimum Gasteiger partial charge on any atom is -0.345 e. The molecule has 0 radical (unpaired) electrons. The van der Waals surface area contributed by atoms with Crippen molar-refractivity contribution >= 4 is 56.1 Å². The topological polar surface area (TPSA) is 128 Å². The van der Waals surface area contributed by atoms with E-state index in [2.05, 4.69) is 15.0 Å². The number of ketones is 1. The Morgan fingerprint density at radius 1 is 1.32 bits per heavy atom. The summed E-state index contributed by atoms with van der Waals surface area (Å²) in [5.41, 5.74) is -4.43. The van der Waals surface area contributed by atoms with E-state index >= 15 is 4.39 Å². The van der Waals surface area contributed by atoms with Gasteiger partial charge in [0.25, 0.3) is 0 Å². The quantitative estimate of drug-likeness (QED) is 0.245. The number of alkyl halides is 3. The minimum absolute atomic E-state index is 0.124. The second-order valence-corrected chi connectivity index (χ2v) is 8.99. The molecule has 0 fully saturated rings. The second kappa shape index (κ2) is 9.10. The molecule has 0 aliphatic heterocycles. The Balaban J connectivity index is 2.06. The molecule has 3 N–H and O–H groups in total. The van der Waals surface area contributed by atoms with Gasteiger partial charge in [0.15, 0.2) is 11.1 Å². The molecule has 3 aromatic rings. The fourth-order valence-corrected chi connectivity index (χ4v) is 4.44. The summed E-state index contributed by atoms with van der Waals surface area (Å²) in [6.07, 6.45) is -2.62. The number of rotatable bonds is 7. The summed E-state index contributed by atoms with van der Waals surface area (Å²) in [5.74, 6) is -4.24. The van der Waals surface area contributed by atoms with Crippen molar-refractivity contribution in [1.29, 1.82) is 5.41 Å². The Labute approximate surface area is 193 Å². The van der Waals surface area contributed by atoms with Crippen molar-refractivity contribution in [1.82, 2.24) is 9.97 Å². The number of carbonyl (C=O) groups excluding carboxylic acids is 1. The third-order valence-corrected chi connectivity index (χ3v) is 6.26. The van der Waals surface area contributed by atoms with Crippen LogP contribution in [0.4, 0.5) is 27.6 Å². The van der Waals surface area contributed by atoms with E-state index < -0.39 is 55.8 Å². The number of nitrogens with one attached hydrogen (secondary N) is 3. The monoisotopic (exact) mass is 521 g/mol. The number of carbonyl (C=O) groups is 1. The van der Waals surface area contributed by atoms with Crippen LogP contribution in [0.15, 0.2) is 35.6 Å². The van der Waals surface area contributed by atoms with Crippen LogP contribution in [0.25, 0.3) is 11.0 Å². The third kappa shape index (κ3) is 4.77. The lowest BCUT2D eigenvalue weighted by molar-refractivity contribution is -0.0603. The smallest absolute Gasteiger partial charge is 0.345 e. The number of hydrogen-bond acceptors (Lipinski definition) is 6. The Kier molecular flexibility index (Phi) is 6.75. The zero-order valence-electron chi connectivity index (χ0n) is 16.8. The van der Waals surface area contributed by atoms with E-state index in [1.807, 2.05) is 0 Å². The van der Waals surface area contributed by atoms with E-state index in [0.717, 1.165) is 13.2 Å². The van der Waals surface area contributed by atoms with Gasteiger partial charge in [-0.1, -0.05) is 11.6 Å². The first-order valence-electron chi connectivity index (χ1n) is 9.02. The maximum absolute atomic E-state index is 15.1. The van der Waals surface area contributed by atoms with E-state index in [-0.39, 0.29) is 21.6 Å². The van der Waals surface area contributed by atoms with E-state index in [1.54, 1.807) is 4.72 Å². The van der Waals surface area contributed by atoms with Gasteiger partial charge in [-0.25, -0.2) is 22.2 Å². The summed E-state index contributed by atoms with van der Waals surface area (Å²) >= 11 is 5.85. The number of anilines is 1. The lowest BCUT2D eigenvalue weighted by Crippen LogP contribution is -2.43. The first-order chi connectivity index (χ1) is 15.8. The molecule has 1 atom stereocenters. The number of sulfonamides is 1. The number of benzene rings is 1. The number of fused-ring (bicyclic) bond motifs is 1. The third-order valence-electron chi connectivity index (χ3n) is 4.52. The van der Waals surface area contributed by atoms with Crippen LogP contribution in [0.1, 0.15) is 15.9 Å². The normalized spacial score (nSPS) is 13.4. The van der Waals surface area contributed by atoms with Gasteiger partial charge in [-0.3, -0.25) is 19.9 Å². The second-order valence-electron chi connectivity index (χ2n) is 6.75. The summed E-state index contributed by atoms with van der Waals surface area (Å²) in [6.45, 7) is 0. The van der Waals surface area contributed by atoms with Gasteiger partial charge in [-0.05, 0) is 18.2 Å². The molecular formula is C19H13ClF5N5O3S. The molecular weight excluding hydrogens is 509 g/mol. The average molecular weight is 522 g/mol. The Hall–Kier alpha value is -3.39. The standard InChI is InChI=1S/C19H13ClF5N5O3S/c1-27-7-13(17(26)19(23,24)25)34(32,33)30-12-3-2-11(21)14(15(12)22)16(31)10-6-29-18-9(10)4-8(20)5-28-18/h2-7,13,26,30H,1H3,(H,28,29). The minimum atomic E-state index is -5.33. The van der Waals surface area contributed by atoms with E-state index in [9.17, 15) is 30.8 Å². The Bertz CT molecular complexity index is 1440. The summed E-state index contributed by atoms with van der Waals surface area (Å²) in [6, 6.07) is 2.46. The van der Waals surface area contributed by atoms with Crippen LogP contribution in [0, 0.1) is 17.0 Å². The SMILES string of the molecule is CN=CC(C(=N)C(F)(F)F)S(=O)(=O)Nc1ccc(F)c(C(=O)c2c[nH]c3ncc(Cl)cc23)c1F. The number of aromatic amines is 1. The predicted octanol–water partition coefficient (Wildman–Crippen LogP) is 4.12. The number of pyridine rings is 1. The van der Waals surface area contributed by atoms with E-state index in [4.69, 9.17) is 17.0 Å². The molecule has 1 unspecified atom stereocenters. The molecule has 2 aromatic heterocycles. The molecule has 0 saturated heterocycles. The van der Waals surface area contributed by atoms with Crippen LogP contribution < -0.4 is 4.72 Å². The number of halogens is 6. The van der Waals surface area contributed by atoms with Gasteiger partial charge in [0, 0.05) is 36.6 Å². The summed E-state index contributed by atoms with van der Waals surface area (Å²) in [7, 11) is -4.17. The Morgan fingerprint density at radius 3 is 2.62 bits per heavy atom. The number of H-pyrrole nitrogens is 1. The first kappa shape index (κ1) is 25.2. The molecule has 8 nitrogen and oxygen atoms in total. The lowest BCUT2D eigenvalue weighted by atomic mass is 10.0. The van der Waals surface area contributed by atoms with Crippen molar-refractivity contribution in [3.8, 4) is 0 Å². The van der Waals surface area contributed by atoms with Crippen molar-refractivity contribution in [2.45, 2.75) is 11.4 Å². The number of hydrogen-bond donors (Lipinski definition) is 3. The van der Waals surface area contributed by atoms with Gasteiger partial charge in [-0.15, -0.1) is 0 Å². The molecule has 15 heteroatoms. The highest BCUT2D eigenvalue weighted by molar-refractivity contribution is 7.94. The molecule has 180 valence electrons. The summed E-state index contributed by atoms with van der Waals surface area (Å²) < 4.78 is 95.0. The highest BCUT2D eigenvalue weighted by Gasteiger charge is 2.45. The molecule has 34 heavy (non-hydrogen) atoms. The molecule has 0 spiro atoms. The maximum Gasteiger partial charge on any atom is 0.430 e. The van der Waals surface area contributed by atoms with E-state index in [0.29, 0.717) is 18.3 Å². The molecule has 0 aliphatic rings. The highest BCUT2D eigenvalue weighted by Crippen LogP contribution is 2.29. The van der Waals surface area contributed by atoms with Crippen LogP contribution >= 0.6 is 11.6 Å². The fourth-order valence-electron chi connectivity index (χ4n) is 2.96. The van der Waals surface area contributed by atoms with Crippen LogP contribution in [-0.2, 0) is 10.0 Å². The average Bonchev–Trinajstić information content (AvgIpc) is 3.15. The molecule has 3 rings (SSSR count). The summed E-state index contributed by atoms with van der Waals surface area (Å²) in [5, 5.41) is 4.76. The van der Waals surface area contributed by atoms with Crippen LogP contribution in [0.3, 0.4) is 0 Å². The van der Waals surface area contributed by atoms with Crippen molar-refractivity contribution in [3.63, 3.8) is 0 Å². The molecule has 0 aliphatic carbocycles. The van der Waals surface area contributed by atoms with Crippen LogP contribution in [-0.4, -0.2) is 54.6 Å². The summed E-state index contributed by atoms with van der Waals surface area (Å²) in [4.78, 5) is 22.7. The highest BCUT2D eigenvalue weighted by atomic mass is 35.5. The zero-order chi connectivity index (χ0) is 25.4. The Morgan fingerprint density at radius 2 is 2.00 bits per heavy atom. The van der Waals surface area contributed by atoms with Gasteiger partial charge in [-0.2, -0.15) is 13.2 Å². The molecule has 1 aromatic carbocycles. The van der Waals surface area contributed by atoms with E-state index in [1.165, 1.54) is 12.3 Å². The van der Waals surface area contributed by atoms with Crippen LogP contribution in [0.2, 0.25) is 5.02 Å². The van der Waals surface area contributed by atoms with Crippen molar-refractivity contribution in [2.24, 2.45) is 4.99 Å². The van der Waals surface area contributed by atoms with Gasteiger partial charge < -0.3 is 4.98 Å². The predicted molar refractivity (Wildman–Crippen MR) is 115 cm³/mol. The van der Waals surface area contributed by atoms with Gasteiger partial charge >= 0.3 is 6.18 Å². The lowest BCUT2D eigenvalue weighted by Gasteiger charge is -2.18. The van der Waals surface area contributed by atoms with Crippen LogP contribution in [0.5, 0.6) is 0 Å². The van der Waals surface area contributed by atoms with Gasteiger partial charge in [0.05, 0.1) is 16.3 Å². The van der Waals surface area contributed by atoms with Crippen molar-refractivity contribution < 1.29 is 35.2 Å².